The van der Waals surface area contributed by atoms with E-state index in [9.17, 15) is 0 Å². The molecule has 4 aromatic rings. The molecular weight excluding hydrogens is 566 g/mol. The van der Waals surface area contributed by atoms with Crippen LogP contribution in [0.3, 0.4) is 0 Å². The summed E-state index contributed by atoms with van der Waals surface area (Å²) in [4.78, 5) is 11.8. The summed E-state index contributed by atoms with van der Waals surface area (Å²) >= 11 is 3.91. The number of nitrogens with zero attached hydrogens (tertiary/aromatic N) is 3. The zero-order valence-corrected chi connectivity index (χ0v) is 24.6. The SMILES string of the molecule is C=Cc1c(/C=C\C)c(-c2cccc(C3=Nc4ccccc4CN3c3ccccc3N=C)c2)c2c(c1Br)=CCC=CC=2. The van der Waals surface area contributed by atoms with Gasteiger partial charge in [-0.3, -0.25) is 4.99 Å². The van der Waals surface area contributed by atoms with Gasteiger partial charge in [0.25, 0.3) is 0 Å². The molecule has 6 rings (SSSR count). The summed E-state index contributed by atoms with van der Waals surface area (Å²) in [6, 6.07) is 25.2. The van der Waals surface area contributed by atoms with Gasteiger partial charge < -0.3 is 4.90 Å². The highest BCUT2D eigenvalue weighted by Crippen LogP contribution is 2.37. The number of rotatable bonds is 6. The van der Waals surface area contributed by atoms with E-state index in [2.05, 4.69) is 131 Å². The van der Waals surface area contributed by atoms with Gasteiger partial charge in [-0.25, -0.2) is 4.99 Å². The quantitative estimate of drug-likeness (QED) is 0.205. The molecule has 0 bridgehead atoms. The maximum Gasteiger partial charge on any atom is 0.141 e. The number of hydrogen-bond donors (Lipinski definition) is 0. The van der Waals surface area contributed by atoms with E-state index in [-0.39, 0.29) is 0 Å². The molecule has 0 saturated heterocycles. The molecule has 0 amide bonds. The largest absolute Gasteiger partial charge is 0.319 e. The number of aliphatic imine (C=N–C) groups is 2. The second kappa shape index (κ2) is 11.5. The Kier molecular flexibility index (Phi) is 7.49. The first-order valence-corrected chi connectivity index (χ1v) is 14.5. The van der Waals surface area contributed by atoms with Gasteiger partial charge in [-0.05, 0) is 98.5 Å². The van der Waals surface area contributed by atoms with Crippen LogP contribution < -0.4 is 15.3 Å². The van der Waals surface area contributed by atoms with Gasteiger partial charge in [-0.2, -0.15) is 0 Å². The smallest absolute Gasteiger partial charge is 0.141 e. The van der Waals surface area contributed by atoms with Crippen LogP contribution >= 0.6 is 15.9 Å². The van der Waals surface area contributed by atoms with E-state index in [1.165, 1.54) is 21.6 Å². The van der Waals surface area contributed by atoms with Crippen molar-refractivity contribution in [1.82, 2.24) is 0 Å². The first kappa shape index (κ1) is 26.7. The van der Waals surface area contributed by atoms with E-state index in [1.807, 2.05) is 30.3 Å². The van der Waals surface area contributed by atoms with Crippen LogP contribution in [-0.2, 0) is 6.54 Å². The molecular formula is C37H30BrN3. The number of halogens is 1. The topological polar surface area (TPSA) is 28.0 Å². The second-order valence-corrected chi connectivity index (χ2v) is 10.8. The number of amidine groups is 1. The van der Waals surface area contributed by atoms with Crippen LogP contribution in [0.15, 0.2) is 112 Å². The number of para-hydroxylation sites is 3. The van der Waals surface area contributed by atoms with E-state index in [1.54, 1.807) is 0 Å². The Morgan fingerprint density at radius 1 is 0.951 bits per heavy atom. The van der Waals surface area contributed by atoms with Gasteiger partial charge in [0.05, 0.1) is 23.6 Å². The molecule has 1 aliphatic heterocycles. The molecule has 0 unspecified atom stereocenters. The molecule has 1 aliphatic carbocycles. The van der Waals surface area contributed by atoms with Crippen LogP contribution in [0.5, 0.6) is 0 Å². The lowest BCUT2D eigenvalue weighted by atomic mass is 9.90. The lowest BCUT2D eigenvalue weighted by Crippen LogP contribution is -2.33. The number of allylic oxidation sites excluding steroid dienone is 3. The number of hydrogen-bond acceptors (Lipinski definition) is 3. The van der Waals surface area contributed by atoms with Crippen LogP contribution in [0.2, 0.25) is 0 Å². The minimum absolute atomic E-state index is 0.692. The molecule has 1 heterocycles. The summed E-state index contributed by atoms with van der Waals surface area (Å²) in [5, 5.41) is 2.38. The van der Waals surface area contributed by atoms with Crippen molar-refractivity contribution in [3.63, 3.8) is 0 Å². The summed E-state index contributed by atoms with van der Waals surface area (Å²) in [6.45, 7) is 10.8. The van der Waals surface area contributed by atoms with Gasteiger partial charge in [-0.1, -0.05) is 97.6 Å². The van der Waals surface area contributed by atoms with E-state index in [4.69, 9.17) is 4.99 Å². The van der Waals surface area contributed by atoms with Gasteiger partial charge in [0.2, 0.25) is 0 Å². The highest BCUT2D eigenvalue weighted by molar-refractivity contribution is 9.10. The van der Waals surface area contributed by atoms with Crippen molar-refractivity contribution < 1.29 is 0 Å². The molecule has 200 valence electrons. The van der Waals surface area contributed by atoms with Crippen molar-refractivity contribution >= 4 is 69.8 Å². The van der Waals surface area contributed by atoms with Crippen molar-refractivity contribution in [1.29, 1.82) is 0 Å². The van der Waals surface area contributed by atoms with Gasteiger partial charge in [0.15, 0.2) is 0 Å². The van der Waals surface area contributed by atoms with Crippen LogP contribution in [0.4, 0.5) is 17.1 Å². The molecule has 4 aromatic carbocycles. The van der Waals surface area contributed by atoms with Crippen LogP contribution in [0.1, 0.15) is 35.6 Å². The van der Waals surface area contributed by atoms with Gasteiger partial charge in [-0.15, -0.1) is 0 Å². The Morgan fingerprint density at radius 3 is 2.59 bits per heavy atom. The van der Waals surface area contributed by atoms with Gasteiger partial charge >= 0.3 is 0 Å². The van der Waals surface area contributed by atoms with Crippen LogP contribution in [-0.4, -0.2) is 12.6 Å². The Morgan fingerprint density at radius 2 is 1.76 bits per heavy atom. The molecule has 4 heteroatoms. The van der Waals surface area contributed by atoms with Crippen LogP contribution in [0, 0.1) is 0 Å². The number of fused-ring (bicyclic) bond motifs is 2. The fourth-order valence-corrected chi connectivity index (χ4v) is 6.43. The average molecular weight is 597 g/mol. The van der Waals surface area contributed by atoms with E-state index < -0.39 is 0 Å². The fourth-order valence-electron chi connectivity index (χ4n) is 5.68. The third-order valence-electron chi connectivity index (χ3n) is 7.54. The highest BCUT2D eigenvalue weighted by Gasteiger charge is 2.25. The molecule has 2 aliphatic rings. The first-order chi connectivity index (χ1) is 20.1. The maximum atomic E-state index is 5.21. The summed E-state index contributed by atoms with van der Waals surface area (Å²) in [5.41, 5.74) is 9.54. The monoisotopic (exact) mass is 595 g/mol. The summed E-state index contributed by atoms with van der Waals surface area (Å²) in [5.74, 6) is 0.886. The van der Waals surface area contributed by atoms with Crippen molar-refractivity contribution in [2.75, 3.05) is 4.90 Å². The molecule has 0 saturated carbocycles. The third-order valence-corrected chi connectivity index (χ3v) is 8.40. The van der Waals surface area contributed by atoms with Gasteiger partial charge in [0.1, 0.15) is 5.84 Å². The minimum Gasteiger partial charge on any atom is -0.319 e. The second-order valence-electron chi connectivity index (χ2n) is 9.96. The molecule has 41 heavy (non-hydrogen) atoms. The fraction of sp³-hybridized carbons (Fsp3) is 0.0811. The van der Waals surface area contributed by atoms with E-state index >= 15 is 0 Å². The number of anilines is 1. The molecule has 3 nitrogen and oxygen atoms in total. The Hall–Kier alpha value is -4.54. The summed E-state index contributed by atoms with van der Waals surface area (Å²) in [7, 11) is 0. The van der Waals surface area contributed by atoms with Gasteiger partial charge in [0, 0.05) is 10.0 Å². The molecule has 0 atom stereocenters. The Bertz CT molecular complexity index is 1910. The Labute approximate surface area is 249 Å². The summed E-state index contributed by atoms with van der Waals surface area (Å²) < 4.78 is 1.07. The lowest BCUT2D eigenvalue weighted by Gasteiger charge is -2.31. The van der Waals surface area contributed by atoms with Crippen molar-refractivity contribution in [3.05, 3.63) is 135 Å². The maximum absolute atomic E-state index is 5.21. The van der Waals surface area contributed by atoms with E-state index in [0.717, 1.165) is 56.0 Å². The highest BCUT2D eigenvalue weighted by atomic mass is 79.9. The first-order valence-electron chi connectivity index (χ1n) is 13.7. The van der Waals surface area contributed by atoms with Crippen molar-refractivity contribution in [3.8, 4) is 11.1 Å². The number of benzene rings is 4. The van der Waals surface area contributed by atoms with Crippen molar-refractivity contribution in [2.24, 2.45) is 9.98 Å². The average Bonchev–Trinajstić information content (AvgIpc) is 3.27. The molecule has 0 radical (unpaired) electrons. The van der Waals surface area contributed by atoms with Crippen molar-refractivity contribution in [2.45, 2.75) is 19.9 Å². The predicted octanol–water partition coefficient (Wildman–Crippen LogP) is 8.74. The lowest BCUT2D eigenvalue weighted by molar-refractivity contribution is 0.977. The zero-order valence-electron chi connectivity index (χ0n) is 23.0. The van der Waals surface area contributed by atoms with E-state index in [0.29, 0.717) is 6.54 Å². The summed E-state index contributed by atoms with van der Waals surface area (Å²) in [6.07, 6.45) is 15.9. The minimum atomic E-state index is 0.692. The standard InChI is InChI=1S/C37H30BrN3/c1-4-14-29-28(5-2)36(38)31-19-8-6-7-18-30(31)35(29)25-16-13-17-26(23-25)37-40-32-20-10-9-15-27(32)24-41(37)34-22-12-11-21-33(34)39-3/h4-7,9-23H,2-3,8,24H2,1H3/b14-4-. The molecule has 0 spiro atoms. The molecule has 0 N–H and O–H groups in total. The zero-order chi connectivity index (χ0) is 28.3. The molecule has 0 fully saturated rings. The molecule has 0 aromatic heterocycles. The normalized spacial score (nSPS) is 13.9. The predicted molar refractivity (Wildman–Crippen MR) is 181 cm³/mol. The van der Waals surface area contributed by atoms with Crippen LogP contribution in [0.25, 0.3) is 35.4 Å². The Balaban J connectivity index is 1.62. The third kappa shape index (κ3) is 4.85.